The number of hydrogen-bond acceptors (Lipinski definition) is 8. The third kappa shape index (κ3) is 4.66. The molecule has 1 fully saturated rings. The topological polar surface area (TPSA) is 137 Å². The van der Waals surface area contributed by atoms with Gasteiger partial charge in [0.25, 0.3) is 0 Å². The first-order valence-electron chi connectivity index (χ1n) is 12.9. The van der Waals surface area contributed by atoms with Crippen LogP contribution >= 0.6 is 11.3 Å². The summed E-state index contributed by atoms with van der Waals surface area (Å²) in [4.78, 5) is 35.7. The number of aromatic nitrogens is 7. The predicted molar refractivity (Wildman–Crippen MR) is 152 cm³/mol. The number of carbonyl (C=O) groups is 1. The summed E-state index contributed by atoms with van der Waals surface area (Å²) in [7, 11) is 0. The second kappa shape index (κ2) is 10.0. The van der Waals surface area contributed by atoms with E-state index in [1.807, 2.05) is 35.8 Å². The van der Waals surface area contributed by atoms with E-state index < -0.39 is 0 Å². The van der Waals surface area contributed by atoms with Crippen LogP contribution in [0.4, 0.5) is 5.69 Å². The number of pyridine rings is 3. The van der Waals surface area contributed by atoms with E-state index in [9.17, 15) is 4.79 Å². The van der Waals surface area contributed by atoms with Crippen LogP contribution in [0.3, 0.4) is 0 Å². The molecular formula is C28H25N9OS. The average Bonchev–Trinajstić information content (AvgIpc) is 3.73. The molecule has 10 nitrogen and oxygen atoms in total. The molecule has 0 unspecified atom stereocenters. The molecule has 0 bridgehead atoms. The summed E-state index contributed by atoms with van der Waals surface area (Å²) in [5.41, 5.74) is 6.95. The number of nitrogens with zero attached hydrogens (tertiary/aromatic N) is 5. The molecule has 0 saturated carbocycles. The largest absolute Gasteiger partial charge is 0.335 e. The average molecular weight is 536 g/mol. The summed E-state index contributed by atoms with van der Waals surface area (Å²) in [5, 5.41) is 16.0. The molecule has 1 aliphatic heterocycles. The smallest absolute Gasteiger partial charge is 0.224 e. The summed E-state index contributed by atoms with van der Waals surface area (Å²) < 4.78 is 0. The number of thiophene rings is 1. The first-order chi connectivity index (χ1) is 19.2. The van der Waals surface area contributed by atoms with Crippen molar-refractivity contribution in [3.05, 3.63) is 60.5 Å². The fourth-order valence-electron chi connectivity index (χ4n) is 5.09. The Bertz CT molecular complexity index is 1780. The van der Waals surface area contributed by atoms with Gasteiger partial charge in [-0.1, -0.05) is 6.07 Å². The van der Waals surface area contributed by atoms with Gasteiger partial charge in [0.05, 0.1) is 34.8 Å². The summed E-state index contributed by atoms with van der Waals surface area (Å²) in [6.07, 6.45) is 9.60. The van der Waals surface area contributed by atoms with Gasteiger partial charge in [0, 0.05) is 34.8 Å². The SMILES string of the molecule is O=C(CC1CCNCC1)Nc1cncc(-c2ccc3[nH]nc(-c4nc5c(-c6cccs6)cncc5[nH]4)c3n2)c1. The van der Waals surface area contributed by atoms with Gasteiger partial charge in [-0.25, -0.2) is 9.97 Å². The molecule has 11 heteroatoms. The lowest BCUT2D eigenvalue weighted by Crippen LogP contribution is -2.30. The Morgan fingerprint density at radius 2 is 1.90 bits per heavy atom. The molecule has 1 saturated heterocycles. The van der Waals surface area contributed by atoms with Gasteiger partial charge in [-0.2, -0.15) is 5.10 Å². The highest BCUT2D eigenvalue weighted by Crippen LogP contribution is 2.33. The molecule has 7 heterocycles. The molecule has 0 atom stereocenters. The molecule has 6 aromatic heterocycles. The maximum absolute atomic E-state index is 12.6. The first-order valence-corrected chi connectivity index (χ1v) is 13.8. The molecule has 0 spiro atoms. The van der Waals surface area contributed by atoms with Gasteiger partial charge in [-0.3, -0.25) is 19.9 Å². The van der Waals surface area contributed by atoms with Gasteiger partial charge in [0.15, 0.2) is 11.5 Å². The van der Waals surface area contributed by atoms with E-state index in [1.54, 1.807) is 29.9 Å². The van der Waals surface area contributed by atoms with Crippen molar-refractivity contribution in [2.45, 2.75) is 19.3 Å². The Morgan fingerprint density at radius 1 is 1.00 bits per heavy atom. The van der Waals surface area contributed by atoms with Crippen molar-refractivity contribution in [2.24, 2.45) is 5.92 Å². The highest BCUT2D eigenvalue weighted by molar-refractivity contribution is 7.13. The van der Waals surface area contributed by atoms with E-state index in [0.29, 0.717) is 35.1 Å². The van der Waals surface area contributed by atoms with Crippen molar-refractivity contribution in [1.82, 2.24) is 40.4 Å². The van der Waals surface area contributed by atoms with Crippen LogP contribution in [0.25, 0.3) is 55.3 Å². The van der Waals surface area contributed by atoms with Crippen molar-refractivity contribution < 1.29 is 4.79 Å². The molecule has 4 N–H and O–H groups in total. The maximum atomic E-state index is 12.6. The van der Waals surface area contributed by atoms with E-state index in [0.717, 1.165) is 64.2 Å². The summed E-state index contributed by atoms with van der Waals surface area (Å²) in [6, 6.07) is 9.84. The van der Waals surface area contributed by atoms with E-state index >= 15 is 0 Å². The number of imidazole rings is 1. The van der Waals surface area contributed by atoms with Gasteiger partial charge in [0.2, 0.25) is 5.91 Å². The minimum Gasteiger partial charge on any atom is -0.335 e. The number of amides is 1. The number of nitrogens with one attached hydrogen (secondary N) is 4. The number of fused-ring (bicyclic) bond motifs is 2. The Kier molecular flexibility index (Phi) is 6.06. The second-order valence-electron chi connectivity index (χ2n) is 9.72. The number of H-pyrrole nitrogens is 2. The number of aromatic amines is 2. The number of hydrogen-bond donors (Lipinski definition) is 4. The van der Waals surface area contributed by atoms with Crippen molar-refractivity contribution in [3.8, 4) is 33.2 Å². The van der Waals surface area contributed by atoms with Crippen molar-refractivity contribution >= 4 is 45.0 Å². The van der Waals surface area contributed by atoms with Crippen LogP contribution in [-0.2, 0) is 4.79 Å². The molecule has 194 valence electrons. The Hall–Kier alpha value is -4.48. The van der Waals surface area contributed by atoms with Crippen LogP contribution in [0.1, 0.15) is 19.3 Å². The van der Waals surface area contributed by atoms with Gasteiger partial charge >= 0.3 is 0 Å². The monoisotopic (exact) mass is 535 g/mol. The van der Waals surface area contributed by atoms with E-state index in [4.69, 9.17) is 9.97 Å². The highest BCUT2D eigenvalue weighted by Gasteiger charge is 2.19. The lowest BCUT2D eigenvalue weighted by Gasteiger charge is -2.21. The van der Waals surface area contributed by atoms with Crippen molar-refractivity contribution in [3.63, 3.8) is 0 Å². The van der Waals surface area contributed by atoms with Gasteiger partial charge in [-0.15, -0.1) is 11.3 Å². The summed E-state index contributed by atoms with van der Waals surface area (Å²) in [5.74, 6) is 1.05. The van der Waals surface area contributed by atoms with E-state index in [-0.39, 0.29) is 5.91 Å². The molecule has 7 rings (SSSR count). The number of carbonyl (C=O) groups excluding carboxylic acids is 1. The Labute approximate surface area is 227 Å². The molecule has 0 radical (unpaired) electrons. The Balaban J connectivity index is 1.19. The molecule has 0 aromatic carbocycles. The first kappa shape index (κ1) is 23.6. The molecule has 1 amide bonds. The summed E-state index contributed by atoms with van der Waals surface area (Å²) in [6.45, 7) is 1.94. The van der Waals surface area contributed by atoms with Crippen LogP contribution < -0.4 is 10.6 Å². The molecular weight excluding hydrogens is 510 g/mol. The van der Waals surface area contributed by atoms with Gasteiger partial charge in [0.1, 0.15) is 11.0 Å². The van der Waals surface area contributed by atoms with Gasteiger partial charge in [-0.05, 0) is 61.5 Å². The zero-order valence-corrected chi connectivity index (χ0v) is 21.8. The normalized spacial score (nSPS) is 14.3. The molecule has 39 heavy (non-hydrogen) atoms. The highest BCUT2D eigenvalue weighted by atomic mass is 32.1. The third-order valence-electron chi connectivity index (χ3n) is 7.06. The molecule has 6 aromatic rings. The van der Waals surface area contributed by atoms with Crippen LogP contribution in [0.5, 0.6) is 0 Å². The van der Waals surface area contributed by atoms with E-state index in [1.165, 1.54) is 0 Å². The lowest BCUT2D eigenvalue weighted by atomic mass is 9.94. The quantitative estimate of drug-likeness (QED) is 0.235. The van der Waals surface area contributed by atoms with Crippen LogP contribution in [-0.4, -0.2) is 54.1 Å². The fraction of sp³-hybridized carbons (Fsp3) is 0.214. The minimum atomic E-state index is 0.0164. The standard InChI is InChI=1S/C28H25N9OS/c38-24(10-16-5-7-29-8-6-16)32-18-11-17(12-30-13-18)20-3-4-21-26(33-20)27(37-36-21)28-34-22-15-31-14-19(25(22)35-28)23-2-1-9-39-23/h1-4,9,11-16,29H,5-8,10H2,(H,32,38)(H,34,35)(H,36,37). The number of piperidine rings is 1. The van der Waals surface area contributed by atoms with Crippen LogP contribution in [0.2, 0.25) is 0 Å². The third-order valence-corrected chi connectivity index (χ3v) is 7.97. The zero-order chi connectivity index (χ0) is 26.2. The van der Waals surface area contributed by atoms with E-state index in [2.05, 4.69) is 41.8 Å². The zero-order valence-electron chi connectivity index (χ0n) is 20.9. The second-order valence-corrected chi connectivity index (χ2v) is 10.7. The minimum absolute atomic E-state index is 0.0164. The molecule has 1 aliphatic rings. The lowest BCUT2D eigenvalue weighted by molar-refractivity contribution is -0.117. The van der Waals surface area contributed by atoms with Gasteiger partial charge < -0.3 is 15.6 Å². The summed E-state index contributed by atoms with van der Waals surface area (Å²) >= 11 is 1.65. The molecule has 0 aliphatic carbocycles. The predicted octanol–water partition coefficient (Wildman–Crippen LogP) is 5.01. The van der Waals surface area contributed by atoms with Crippen molar-refractivity contribution in [1.29, 1.82) is 0 Å². The van der Waals surface area contributed by atoms with Crippen LogP contribution in [0, 0.1) is 5.92 Å². The fourth-order valence-corrected chi connectivity index (χ4v) is 5.83. The number of anilines is 1. The number of rotatable bonds is 6. The van der Waals surface area contributed by atoms with Crippen molar-refractivity contribution in [2.75, 3.05) is 18.4 Å². The van der Waals surface area contributed by atoms with Crippen LogP contribution in [0.15, 0.2) is 60.5 Å². The Morgan fingerprint density at radius 3 is 2.77 bits per heavy atom. The maximum Gasteiger partial charge on any atom is 0.224 e.